The highest BCUT2D eigenvalue weighted by atomic mass is 16.5. The molecule has 5 nitrogen and oxygen atoms in total. The van der Waals surface area contributed by atoms with Crippen molar-refractivity contribution in [3.63, 3.8) is 0 Å². The minimum Gasteiger partial charge on any atom is -0.456 e. The van der Waals surface area contributed by atoms with E-state index in [-0.39, 0.29) is 11.9 Å². The fraction of sp³-hybridized carbons (Fsp3) is 0.286. The van der Waals surface area contributed by atoms with Gasteiger partial charge in [-0.3, -0.25) is 9.59 Å². The highest BCUT2D eigenvalue weighted by Crippen LogP contribution is 2.33. The van der Waals surface area contributed by atoms with Gasteiger partial charge in [0, 0.05) is 26.1 Å². The van der Waals surface area contributed by atoms with Crippen molar-refractivity contribution >= 4 is 17.6 Å². The van der Waals surface area contributed by atoms with E-state index in [9.17, 15) is 9.59 Å². The molecule has 0 fully saturated rings. The molecule has 0 aliphatic heterocycles. The molecule has 5 heteroatoms. The van der Waals surface area contributed by atoms with E-state index in [0.717, 1.165) is 22.4 Å². The first-order valence-electron chi connectivity index (χ1n) is 11.1. The lowest BCUT2D eigenvalue weighted by Crippen LogP contribution is -2.46. The van der Waals surface area contributed by atoms with Crippen molar-refractivity contribution in [1.82, 2.24) is 5.32 Å². The lowest BCUT2D eigenvalue weighted by Gasteiger charge is -2.35. The Hall–Kier alpha value is -3.44. The number of rotatable bonds is 9. The zero-order valence-electron chi connectivity index (χ0n) is 19.7. The van der Waals surface area contributed by atoms with Gasteiger partial charge in [-0.1, -0.05) is 72.8 Å². The first kappa shape index (κ1) is 24.2. The van der Waals surface area contributed by atoms with Crippen LogP contribution >= 0.6 is 0 Å². The third-order valence-electron chi connectivity index (χ3n) is 5.58. The quantitative estimate of drug-likeness (QED) is 0.448. The predicted octanol–water partition coefficient (Wildman–Crippen LogP) is 5.41. The van der Waals surface area contributed by atoms with Gasteiger partial charge in [0.15, 0.2) is 0 Å². The van der Waals surface area contributed by atoms with Crippen LogP contribution in [0, 0.1) is 0 Å². The number of hydrogen-bond acceptors (Lipinski definition) is 4. The summed E-state index contributed by atoms with van der Waals surface area (Å²) in [4.78, 5) is 26.2. The van der Waals surface area contributed by atoms with Crippen molar-refractivity contribution in [3.05, 3.63) is 102 Å². The molecule has 0 radical (unpaired) electrons. The van der Waals surface area contributed by atoms with Crippen LogP contribution in [0.25, 0.3) is 0 Å². The van der Waals surface area contributed by atoms with Gasteiger partial charge >= 0.3 is 5.97 Å². The van der Waals surface area contributed by atoms with Crippen molar-refractivity contribution in [2.45, 2.75) is 52.4 Å². The maximum atomic E-state index is 12.5. The van der Waals surface area contributed by atoms with E-state index in [1.165, 1.54) is 6.92 Å². The summed E-state index contributed by atoms with van der Waals surface area (Å²) in [7, 11) is 0. The zero-order valence-corrected chi connectivity index (χ0v) is 19.7. The van der Waals surface area contributed by atoms with Gasteiger partial charge in [0.1, 0.15) is 6.10 Å². The molecule has 0 aromatic heterocycles. The Morgan fingerprint density at radius 2 is 1.48 bits per heavy atom. The van der Waals surface area contributed by atoms with Crippen molar-refractivity contribution in [3.8, 4) is 0 Å². The zero-order chi connectivity index (χ0) is 23.8. The molecular formula is C28H32N2O3. The highest BCUT2D eigenvalue weighted by molar-refractivity contribution is 5.91. The van der Waals surface area contributed by atoms with E-state index >= 15 is 0 Å². The number of carbonyl (C=O) groups is 2. The number of nitrogens with one attached hydrogen (secondary N) is 1. The largest absolute Gasteiger partial charge is 0.456 e. The van der Waals surface area contributed by atoms with Crippen LogP contribution in [0.1, 0.15) is 50.5 Å². The topological polar surface area (TPSA) is 58.6 Å². The van der Waals surface area contributed by atoms with Gasteiger partial charge in [0.25, 0.3) is 0 Å². The molecule has 172 valence electrons. The Morgan fingerprint density at radius 1 is 0.879 bits per heavy atom. The summed E-state index contributed by atoms with van der Waals surface area (Å²) in [5.41, 5.74) is 3.22. The monoisotopic (exact) mass is 444 g/mol. The second kappa shape index (κ2) is 10.9. The Morgan fingerprint density at radius 3 is 2.06 bits per heavy atom. The van der Waals surface area contributed by atoms with E-state index in [1.54, 1.807) is 11.8 Å². The Labute approximate surface area is 196 Å². The minimum absolute atomic E-state index is 0.0542. The first-order chi connectivity index (χ1) is 15.8. The standard InChI is InChI=1S/C28H32N2O3/c1-21(31)30(20-24-14-9-6-10-15-24)26-17-11-16-25(18-26)27(33-22(2)32)28(3,4)29-19-23-12-7-5-8-13-23/h5-18,27,29H,19-20H2,1-4H3/t27-/m0/s1. The second-order valence-corrected chi connectivity index (χ2v) is 8.74. The number of anilines is 1. The molecule has 33 heavy (non-hydrogen) atoms. The summed E-state index contributed by atoms with van der Waals surface area (Å²) in [6.45, 7) is 8.12. The molecule has 0 aliphatic rings. The molecule has 3 rings (SSSR count). The maximum absolute atomic E-state index is 12.5. The van der Waals surface area contributed by atoms with Gasteiger partial charge in [-0.15, -0.1) is 0 Å². The first-order valence-corrected chi connectivity index (χ1v) is 11.1. The normalized spacial score (nSPS) is 12.1. The molecule has 0 heterocycles. The number of carbonyl (C=O) groups excluding carboxylic acids is 2. The van der Waals surface area contributed by atoms with Crippen LogP contribution in [0.3, 0.4) is 0 Å². The number of amides is 1. The highest BCUT2D eigenvalue weighted by Gasteiger charge is 2.33. The van der Waals surface area contributed by atoms with Gasteiger partial charge < -0.3 is 15.0 Å². The molecule has 1 N–H and O–H groups in total. The van der Waals surface area contributed by atoms with E-state index in [4.69, 9.17) is 4.74 Å². The minimum atomic E-state index is -0.555. The van der Waals surface area contributed by atoms with Crippen molar-refractivity contribution < 1.29 is 14.3 Å². The van der Waals surface area contributed by atoms with Crippen LogP contribution in [0.4, 0.5) is 5.69 Å². The summed E-state index contributed by atoms with van der Waals surface area (Å²) < 4.78 is 5.80. The van der Waals surface area contributed by atoms with Crippen LogP contribution in [0.2, 0.25) is 0 Å². The maximum Gasteiger partial charge on any atom is 0.303 e. The van der Waals surface area contributed by atoms with E-state index in [0.29, 0.717) is 13.1 Å². The fourth-order valence-electron chi connectivity index (χ4n) is 3.82. The van der Waals surface area contributed by atoms with E-state index in [2.05, 4.69) is 17.4 Å². The number of hydrogen-bond donors (Lipinski definition) is 1. The summed E-state index contributed by atoms with van der Waals surface area (Å²) in [6, 6.07) is 27.6. The predicted molar refractivity (Wildman–Crippen MR) is 132 cm³/mol. The fourth-order valence-corrected chi connectivity index (χ4v) is 3.82. The smallest absolute Gasteiger partial charge is 0.303 e. The molecule has 1 atom stereocenters. The molecule has 3 aromatic rings. The number of nitrogens with zero attached hydrogens (tertiary/aromatic N) is 1. The Kier molecular flexibility index (Phi) is 8.01. The molecule has 0 saturated heterocycles. The lowest BCUT2D eigenvalue weighted by atomic mass is 9.90. The Balaban J connectivity index is 1.88. The summed E-state index contributed by atoms with van der Waals surface area (Å²) in [6.07, 6.45) is -0.538. The average molecular weight is 445 g/mol. The third kappa shape index (κ3) is 6.77. The number of benzene rings is 3. The van der Waals surface area contributed by atoms with Crippen LogP contribution in [0.15, 0.2) is 84.9 Å². The molecular weight excluding hydrogens is 412 g/mol. The molecule has 3 aromatic carbocycles. The van der Waals surface area contributed by atoms with Crippen LogP contribution < -0.4 is 10.2 Å². The van der Waals surface area contributed by atoms with Crippen molar-refractivity contribution in [2.24, 2.45) is 0 Å². The molecule has 0 spiro atoms. The summed E-state index contributed by atoms with van der Waals surface area (Å²) in [5, 5.41) is 3.53. The Bertz CT molecular complexity index is 1060. The molecule has 0 saturated carbocycles. The summed E-state index contributed by atoms with van der Waals surface area (Å²) in [5.74, 6) is -0.408. The third-order valence-corrected chi connectivity index (χ3v) is 5.58. The number of esters is 1. The van der Waals surface area contributed by atoms with Crippen molar-refractivity contribution in [1.29, 1.82) is 0 Å². The van der Waals surface area contributed by atoms with Crippen molar-refractivity contribution in [2.75, 3.05) is 4.90 Å². The van der Waals surface area contributed by atoms with Gasteiger partial charge in [0.05, 0.1) is 12.1 Å². The SMILES string of the molecule is CC(=O)O[C@@H](c1cccc(N(Cc2ccccc2)C(C)=O)c1)C(C)(C)NCc1ccccc1. The van der Waals surface area contributed by atoms with Crippen LogP contribution in [0.5, 0.6) is 0 Å². The van der Waals surface area contributed by atoms with Crippen LogP contribution in [-0.2, 0) is 27.4 Å². The molecule has 0 unspecified atom stereocenters. The molecule has 0 aliphatic carbocycles. The molecule has 1 amide bonds. The second-order valence-electron chi connectivity index (χ2n) is 8.74. The van der Waals surface area contributed by atoms with Gasteiger partial charge in [0.2, 0.25) is 5.91 Å². The average Bonchev–Trinajstić information content (AvgIpc) is 2.81. The van der Waals surface area contributed by atoms with Gasteiger partial charge in [-0.25, -0.2) is 0 Å². The van der Waals surface area contributed by atoms with E-state index < -0.39 is 11.6 Å². The molecule has 0 bridgehead atoms. The lowest BCUT2D eigenvalue weighted by molar-refractivity contribution is -0.150. The van der Waals surface area contributed by atoms with Gasteiger partial charge in [-0.2, -0.15) is 0 Å². The van der Waals surface area contributed by atoms with Gasteiger partial charge in [-0.05, 0) is 42.7 Å². The summed E-state index contributed by atoms with van der Waals surface area (Å²) >= 11 is 0. The van der Waals surface area contributed by atoms with Crippen LogP contribution in [-0.4, -0.2) is 17.4 Å². The van der Waals surface area contributed by atoms with E-state index in [1.807, 2.05) is 86.6 Å². The number of ether oxygens (including phenoxy) is 1.